The van der Waals surface area contributed by atoms with Crippen LogP contribution < -0.4 is 16.4 Å². The van der Waals surface area contributed by atoms with E-state index in [1.807, 2.05) is 0 Å². The highest BCUT2D eigenvalue weighted by Crippen LogP contribution is 1.96. The van der Waals surface area contributed by atoms with E-state index >= 15 is 0 Å². The summed E-state index contributed by atoms with van der Waals surface area (Å²) in [6, 6.07) is 0. The van der Waals surface area contributed by atoms with Crippen LogP contribution in [0.25, 0.3) is 0 Å². The molecule has 0 aromatic carbocycles. The molecule has 0 aromatic rings. The van der Waals surface area contributed by atoms with Gasteiger partial charge in [0.2, 0.25) is 5.91 Å². The topological polar surface area (TPSA) is 114 Å². The maximum Gasteiger partial charge on any atom is 0.311 e. The first-order valence-electron chi connectivity index (χ1n) is 6.25. The van der Waals surface area contributed by atoms with E-state index in [-0.39, 0.29) is 19.8 Å². The second-order valence-corrected chi connectivity index (χ2v) is 4.17. The van der Waals surface area contributed by atoms with Crippen molar-refractivity contribution >= 4 is 17.7 Å². The molecule has 1 fully saturated rings. The summed E-state index contributed by atoms with van der Waals surface area (Å²) in [5.74, 6) is -1.75. The van der Waals surface area contributed by atoms with Crippen LogP contribution in [-0.2, 0) is 19.1 Å². The van der Waals surface area contributed by atoms with Crippen molar-refractivity contribution in [2.24, 2.45) is 5.73 Å². The fraction of sp³-hybridized carbons (Fsp3) is 0.727. The number of nitrogens with two attached hydrogens (primary N) is 1. The molecule has 8 nitrogen and oxygen atoms in total. The Labute approximate surface area is 111 Å². The molecule has 3 amide bonds. The van der Waals surface area contributed by atoms with Gasteiger partial charge in [-0.3, -0.25) is 14.4 Å². The van der Waals surface area contributed by atoms with E-state index in [0.717, 1.165) is 13.0 Å². The van der Waals surface area contributed by atoms with Crippen LogP contribution in [0.3, 0.4) is 0 Å². The molecule has 1 aliphatic heterocycles. The molecule has 19 heavy (non-hydrogen) atoms. The van der Waals surface area contributed by atoms with E-state index < -0.39 is 17.7 Å². The molecule has 0 aromatic heterocycles. The highest BCUT2D eigenvalue weighted by atomic mass is 16.5. The Morgan fingerprint density at radius 2 is 2.05 bits per heavy atom. The molecule has 0 aliphatic carbocycles. The zero-order valence-corrected chi connectivity index (χ0v) is 10.8. The first-order chi connectivity index (χ1) is 9.11. The highest BCUT2D eigenvalue weighted by Gasteiger charge is 2.21. The lowest BCUT2D eigenvalue weighted by molar-refractivity contribution is -0.145. The summed E-state index contributed by atoms with van der Waals surface area (Å²) in [6.07, 6.45) is 0.834. The minimum atomic E-state index is -0.649. The standard InChI is InChI=1S/C11H20N4O4/c12-9(16)8-19-7-4-14-10(17)11(18)15-5-1-2-13-3-6-15/h13H,1-8H2,(H2,12,16)(H,14,17). The van der Waals surface area contributed by atoms with Gasteiger partial charge in [0.25, 0.3) is 0 Å². The maximum absolute atomic E-state index is 11.8. The molecular formula is C11H20N4O4. The molecule has 4 N–H and O–H groups in total. The lowest BCUT2D eigenvalue weighted by atomic mass is 10.3. The van der Waals surface area contributed by atoms with Gasteiger partial charge < -0.3 is 26.0 Å². The van der Waals surface area contributed by atoms with E-state index in [4.69, 9.17) is 10.5 Å². The van der Waals surface area contributed by atoms with Gasteiger partial charge in [-0.15, -0.1) is 0 Å². The van der Waals surface area contributed by atoms with Crippen LogP contribution in [0.4, 0.5) is 0 Å². The maximum atomic E-state index is 11.8. The SMILES string of the molecule is NC(=O)COCCNC(=O)C(=O)N1CCCNCC1. The number of hydrogen-bond donors (Lipinski definition) is 3. The van der Waals surface area contributed by atoms with E-state index in [1.165, 1.54) is 4.90 Å². The Hall–Kier alpha value is -1.67. The van der Waals surface area contributed by atoms with Gasteiger partial charge in [-0.05, 0) is 13.0 Å². The second-order valence-electron chi connectivity index (χ2n) is 4.17. The number of ether oxygens (including phenoxy) is 1. The highest BCUT2D eigenvalue weighted by molar-refractivity contribution is 6.35. The Morgan fingerprint density at radius 3 is 2.79 bits per heavy atom. The van der Waals surface area contributed by atoms with Crippen LogP contribution in [0, 0.1) is 0 Å². The van der Waals surface area contributed by atoms with Crippen molar-refractivity contribution in [1.82, 2.24) is 15.5 Å². The smallest absolute Gasteiger partial charge is 0.311 e. The molecular weight excluding hydrogens is 252 g/mol. The van der Waals surface area contributed by atoms with Crippen LogP contribution in [0.1, 0.15) is 6.42 Å². The van der Waals surface area contributed by atoms with Crippen molar-refractivity contribution in [3.8, 4) is 0 Å². The number of carbonyl (C=O) groups excluding carboxylic acids is 3. The average molecular weight is 272 g/mol. The molecule has 0 bridgehead atoms. The zero-order valence-electron chi connectivity index (χ0n) is 10.8. The van der Waals surface area contributed by atoms with Crippen molar-refractivity contribution < 1.29 is 19.1 Å². The average Bonchev–Trinajstić information content (AvgIpc) is 2.65. The van der Waals surface area contributed by atoms with Crippen LogP contribution in [-0.4, -0.2) is 68.6 Å². The number of hydrogen-bond acceptors (Lipinski definition) is 5. The number of amides is 3. The van der Waals surface area contributed by atoms with Gasteiger partial charge in [0.1, 0.15) is 6.61 Å². The fourth-order valence-electron chi connectivity index (χ4n) is 1.68. The van der Waals surface area contributed by atoms with Crippen molar-refractivity contribution in [2.75, 3.05) is 45.9 Å². The Kier molecular flexibility index (Phi) is 6.83. The number of nitrogens with one attached hydrogen (secondary N) is 2. The summed E-state index contributed by atoms with van der Waals surface area (Å²) >= 11 is 0. The van der Waals surface area contributed by atoms with Gasteiger partial charge in [-0.1, -0.05) is 0 Å². The Bertz CT molecular complexity index is 327. The number of rotatable bonds is 5. The summed E-state index contributed by atoms with van der Waals surface area (Å²) in [7, 11) is 0. The number of primary amides is 1. The lowest BCUT2D eigenvalue weighted by Crippen LogP contribution is -2.45. The van der Waals surface area contributed by atoms with Gasteiger partial charge in [0.05, 0.1) is 6.61 Å². The third kappa shape index (κ3) is 6.16. The minimum absolute atomic E-state index is 0.142. The lowest BCUT2D eigenvalue weighted by Gasteiger charge is -2.19. The van der Waals surface area contributed by atoms with Gasteiger partial charge in [-0.25, -0.2) is 0 Å². The van der Waals surface area contributed by atoms with Crippen LogP contribution in [0.2, 0.25) is 0 Å². The number of carbonyl (C=O) groups is 3. The zero-order chi connectivity index (χ0) is 14.1. The van der Waals surface area contributed by atoms with Crippen molar-refractivity contribution in [3.63, 3.8) is 0 Å². The molecule has 0 atom stereocenters. The summed E-state index contributed by atoms with van der Waals surface area (Å²) in [5.41, 5.74) is 4.88. The van der Waals surface area contributed by atoms with Crippen LogP contribution in [0.5, 0.6) is 0 Å². The summed E-state index contributed by atoms with van der Waals surface area (Å²) < 4.78 is 4.87. The molecule has 0 radical (unpaired) electrons. The Balaban J connectivity index is 2.20. The largest absolute Gasteiger partial charge is 0.370 e. The molecule has 8 heteroatoms. The third-order valence-electron chi connectivity index (χ3n) is 2.60. The molecule has 108 valence electrons. The molecule has 1 heterocycles. The van der Waals surface area contributed by atoms with Crippen molar-refractivity contribution in [1.29, 1.82) is 0 Å². The predicted molar refractivity (Wildman–Crippen MR) is 67.1 cm³/mol. The monoisotopic (exact) mass is 272 g/mol. The van der Waals surface area contributed by atoms with Gasteiger partial charge in [0, 0.05) is 26.2 Å². The molecule has 0 saturated carbocycles. The Morgan fingerprint density at radius 1 is 1.26 bits per heavy atom. The first kappa shape index (κ1) is 15.4. The molecule has 1 aliphatic rings. The molecule has 0 spiro atoms. The first-order valence-corrected chi connectivity index (χ1v) is 6.25. The summed E-state index contributed by atoms with van der Waals surface area (Å²) in [6.45, 7) is 2.78. The van der Waals surface area contributed by atoms with E-state index in [2.05, 4.69) is 10.6 Å². The minimum Gasteiger partial charge on any atom is -0.370 e. The third-order valence-corrected chi connectivity index (χ3v) is 2.60. The summed E-state index contributed by atoms with van der Waals surface area (Å²) in [4.78, 5) is 35.3. The normalized spacial score (nSPS) is 15.7. The summed E-state index contributed by atoms with van der Waals surface area (Å²) in [5, 5.41) is 5.60. The fourth-order valence-corrected chi connectivity index (χ4v) is 1.68. The van der Waals surface area contributed by atoms with E-state index in [0.29, 0.717) is 19.6 Å². The molecule has 0 unspecified atom stereocenters. The van der Waals surface area contributed by atoms with Crippen LogP contribution in [0.15, 0.2) is 0 Å². The number of nitrogens with zero attached hydrogens (tertiary/aromatic N) is 1. The quantitative estimate of drug-likeness (QED) is 0.376. The van der Waals surface area contributed by atoms with E-state index in [9.17, 15) is 14.4 Å². The van der Waals surface area contributed by atoms with Gasteiger partial charge in [0.15, 0.2) is 0 Å². The van der Waals surface area contributed by atoms with Gasteiger partial charge >= 0.3 is 11.8 Å². The van der Waals surface area contributed by atoms with Crippen molar-refractivity contribution in [3.05, 3.63) is 0 Å². The van der Waals surface area contributed by atoms with Crippen LogP contribution >= 0.6 is 0 Å². The van der Waals surface area contributed by atoms with Crippen molar-refractivity contribution in [2.45, 2.75) is 6.42 Å². The van der Waals surface area contributed by atoms with Gasteiger partial charge in [-0.2, -0.15) is 0 Å². The predicted octanol–water partition coefficient (Wildman–Crippen LogP) is -2.57. The van der Waals surface area contributed by atoms with E-state index in [1.54, 1.807) is 0 Å². The molecule has 1 rings (SSSR count). The second kappa shape index (κ2) is 8.44. The molecule has 1 saturated heterocycles.